The van der Waals surface area contributed by atoms with Crippen LogP contribution in [-0.2, 0) is 10.3 Å². The van der Waals surface area contributed by atoms with Crippen LogP contribution in [0.15, 0.2) is 24.4 Å². The van der Waals surface area contributed by atoms with E-state index in [1.165, 1.54) is 0 Å². The van der Waals surface area contributed by atoms with Crippen molar-refractivity contribution in [3.8, 4) is 5.75 Å². The highest BCUT2D eigenvalue weighted by atomic mass is 35.5. The van der Waals surface area contributed by atoms with Gasteiger partial charge in [-0.15, -0.1) is 0 Å². The van der Waals surface area contributed by atoms with Crippen LogP contribution in [0.4, 0.5) is 4.79 Å². The third kappa shape index (κ3) is 4.45. The Morgan fingerprint density at radius 1 is 1.22 bits per heavy atom. The molecule has 0 atom stereocenters. The first-order valence-corrected chi connectivity index (χ1v) is 9.27. The van der Waals surface area contributed by atoms with E-state index in [0.29, 0.717) is 24.0 Å². The number of amides is 1. The number of hydrogen-bond donors (Lipinski definition) is 1. The third-order valence-corrected chi connectivity index (χ3v) is 4.49. The summed E-state index contributed by atoms with van der Waals surface area (Å²) in [4.78, 5) is 17.8. The average Bonchev–Trinajstić information content (AvgIpc) is 2.46. The Morgan fingerprint density at radius 3 is 2.48 bits per heavy atom. The zero-order chi connectivity index (χ0) is 20.0. The van der Waals surface area contributed by atoms with Gasteiger partial charge in [0.05, 0.1) is 18.7 Å². The van der Waals surface area contributed by atoms with Gasteiger partial charge in [0.25, 0.3) is 0 Å². The number of hydrogen-bond acceptors (Lipinski definition) is 5. The number of fused-ring (bicyclic) bond motifs is 1. The summed E-state index contributed by atoms with van der Waals surface area (Å²) in [5, 5.41) is 12.4. The maximum Gasteiger partial charge on any atom is 0.410 e. The van der Waals surface area contributed by atoms with Crippen LogP contribution in [-0.4, -0.2) is 45.9 Å². The smallest absolute Gasteiger partial charge is 0.410 e. The molecule has 2 aromatic rings. The first-order chi connectivity index (χ1) is 12.4. The second-order valence-electron chi connectivity index (χ2n) is 8.35. The molecular weight excluding hydrogens is 368 g/mol. The Bertz CT molecular complexity index is 865. The molecule has 1 fully saturated rings. The van der Waals surface area contributed by atoms with Crippen molar-refractivity contribution in [2.24, 2.45) is 0 Å². The number of ether oxygens (including phenoxy) is 2. The van der Waals surface area contributed by atoms with Gasteiger partial charge in [-0.05, 0) is 57.7 Å². The molecule has 1 aliphatic rings. The Hall–Kier alpha value is -2.05. The Morgan fingerprint density at radius 2 is 1.89 bits per heavy atom. The molecule has 0 radical (unpaired) electrons. The zero-order valence-corrected chi connectivity index (χ0v) is 17.0. The number of halogens is 1. The van der Waals surface area contributed by atoms with Gasteiger partial charge in [0.1, 0.15) is 22.6 Å². The molecule has 7 heteroatoms. The summed E-state index contributed by atoms with van der Waals surface area (Å²) in [5.41, 5.74) is -0.791. The van der Waals surface area contributed by atoms with Crippen LogP contribution in [0.1, 0.15) is 40.2 Å². The third-order valence-electron chi connectivity index (χ3n) is 4.28. The van der Waals surface area contributed by atoms with Crippen molar-refractivity contribution in [2.75, 3.05) is 13.1 Å². The fourth-order valence-corrected chi connectivity index (χ4v) is 3.15. The summed E-state index contributed by atoms with van der Waals surface area (Å²) in [7, 11) is 0. The Kier molecular flexibility index (Phi) is 4.99. The van der Waals surface area contributed by atoms with Gasteiger partial charge in [-0.25, -0.2) is 9.78 Å². The number of aromatic nitrogens is 1. The molecule has 0 aliphatic carbocycles. The molecule has 2 heterocycles. The van der Waals surface area contributed by atoms with E-state index < -0.39 is 11.2 Å². The van der Waals surface area contributed by atoms with Crippen LogP contribution >= 0.6 is 11.6 Å². The second kappa shape index (κ2) is 6.84. The summed E-state index contributed by atoms with van der Waals surface area (Å²) in [6.07, 6.45) is 1.19. The lowest BCUT2D eigenvalue weighted by atomic mass is 9.93. The Labute approximate surface area is 164 Å². The molecule has 1 amide bonds. The Balaban J connectivity index is 1.77. The van der Waals surface area contributed by atoms with Gasteiger partial charge in [0.2, 0.25) is 0 Å². The quantitative estimate of drug-likeness (QED) is 0.795. The molecule has 3 rings (SSSR count). The molecule has 1 aromatic heterocycles. The molecule has 0 saturated carbocycles. The van der Waals surface area contributed by atoms with Gasteiger partial charge in [-0.3, -0.25) is 0 Å². The number of carbonyl (C=O) groups excluding carboxylic acids is 1. The van der Waals surface area contributed by atoms with E-state index >= 15 is 0 Å². The standard InChI is InChI=1S/C20H25ClN2O4/c1-19(2,3)27-18(24)23-10-12(11-23)26-16-7-6-15(20(4,5)25)13-8-17(21)22-9-14(13)16/h6-9,12,25H,10-11H2,1-5H3. The second-order valence-corrected chi connectivity index (χ2v) is 8.74. The van der Waals surface area contributed by atoms with E-state index in [1.807, 2.05) is 32.9 Å². The first kappa shape index (κ1) is 19.7. The van der Waals surface area contributed by atoms with Gasteiger partial charge < -0.3 is 19.5 Å². The van der Waals surface area contributed by atoms with Crippen LogP contribution in [0, 0.1) is 0 Å². The predicted octanol–water partition coefficient (Wildman–Crippen LogP) is 4.11. The molecule has 0 spiro atoms. The molecule has 1 saturated heterocycles. The fourth-order valence-electron chi connectivity index (χ4n) is 2.99. The first-order valence-electron chi connectivity index (χ1n) is 8.90. The molecular formula is C20H25ClN2O4. The van der Waals surface area contributed by atoms with Crippen LogP contribution in [0.2, 0.25) is 5.15 Å². The van der Waals surface area contributed by atoms with Crippen molar-refractivity contribution in [3.63, 3.8) is 0 Å². The number of benzene rings is 1. The average molecular weight is 393 g/mol. The van der Waals surface area contributed by atoms with Gasteiger partial charge >= 0.3 is 6.09 Å². The van der Waals surface area contributed by atoms with E-state index in [9.17, 15) is 9.90 Å². The summed E-state index contributed by atoms with van der Waals surface area (Å²) >= 11 is 6.05. The maximum absolute atomic E-state index is 12.0. The van der Waals surface area contributed by atoms with E-state index in [-0.39, 0.29) is 12.2 Å². The number of likely N-dealkylation sites (tertiary alicyclic amines) is 1. The maximum atomic E-state index is 12.0. The van der Waals surface area contributed by atoms with Crippen molar-refractivity contribution >= 4 is 28.5 Å². The largest absolute Gasteiger partial charge is 0.486 e. The van der Waals surface area contributed by atoms with E-state index in [0.717, 1.165) is 16.3 Å². The van der Waals surface area contributed by atoms with E-state index in [4.69, 9.17) is 21.1 Å². The minimum Gasteiger partial charge on any atom is -0.486 e. The number of rotatable bonds is 3. The lowest BCUT2D eigenvalue weighted by Crippen LogP contribution is -2.57. The number of aliphatic hydroxyl groups is 1. The summed E-state index contributed by atoms with van der Waals surface area (Å²) in [5.74, 6) is 0.649. The van der Waals surface area contributed by atoms with Crippen molar-refractivity contribution in [1.29, 1.82) is 0 Å². The van der Waals surface area contributed by atoms with Crippen molar-refractivity contribution < 1.29 is 19.4 Å². The number of nitrogens with zero attached hydrogens (tertiary/aromatic N) is 2. The topological polar surface area (TPSA) is 71.9 Å². The molecule has 0 bridgehead atoms. The van der Waals surface area contributed by atoms with Crippen LogP contribution in [0.3, 0.4) is 0 Å². The highest BCUT2D eigenvalue weighted by molar-refractivity contribution is 6.30. The van der Waals surface area contributed by atoms with Crippen LogP contribution in [0.25, 0.3) is 10.8 Å². The van der Waals surface area contributed by atoms with Gasteiger partial charge in [-0.1, -0.05) is 17.7 Å². The summed E-state index contributed by atoms with van der Waals surface area (Å²) < 4.78 is 11.4. The molecule has 1 aromatic carbocycles. The number of pyridine rings is 1. The van der Waals surface area contributed by atoms with Gasteiger partial charge in [0.15, 0.2) is 0 Å². The summed E-state index contributed by atoms with van der Waals surface area (Å²) in [6, 6.07) is 5.38. The van der Waals surface area contributed by atoms with Crippen LogP contribution < -0.4 is 4.74 Å². The molecule has 0 unspecified atom stereocenters. The van der Waals surface area contributed by atoms with Crippen LogP contribution in [0.5, 0.6) is 5.75 Å². The predicted molar refractivity (Wildman–Crippen MR) is 104 cm³/mol. The molecule has 1 N–H and O–H groups in total. The lowest BCUT2D eigenvalue weighted by molar-refractivity contribution is -0.0218. The highest BCUT2D eigenvalue weighted by Gasteiger charge is 2.35. The minimum absolute atomic E-state index is 0.121. The minimum atomic E-state index is -1.02. The van der Waals surface area contributed by atoms with Gasteiger partial charge in [-0.2, -0.15) is 0 Å². The number of carbonyl (C=O) groups is 1. The van der Waals surface area contributed by atoms with Crippen molar-refractivity contribution in [1.82, 2.24) is 9.88 Å². The molecule has 1 aliphatic heterocycles. The normalized spacial score (nSPS) is 15.6. The van der Waals surface area contributed by atoms with Crippen molar-refractivity contribution in [3.05, 3.63) is 35.1 Å². The van der Waals surface area contributed by atoms with Gasteiger partial charge in [0, 0.05) is 11.6 Å². The monoisotopic (exact) mass is 392 g/mol. The molecule has 146 valence electrons. The summed E-state index contributed by atoms with van der Waals surface area (Å²) in [6.45, 7) is 9.89. The lowest BCUT2D eigenvalue weighted by Gasteiger charge is -2.39. The molecule has 6 nitrogen and oxygen atoms in total. The van der Waals surface area contributed by atoms with Crippen molar-refractivity contribution in [2.45, 2.75) is 51.9 Å². The van der Waals surface area contributed by atoms with E-state index in [2.05, 4.69) is 4.98 Å². The zero-order valence-electron chi connectivity index (χ0n) is 16.2. The molecule has 27 heavy (non-hydrogen) atoms. The SMILES string of the molecule is CC(C)(C)OC(=O)N1CC(Oc2ccc(C(C)(C)O)c3cc(Cl)ncc23)C1. The highest BCUT2D eigenvalue weighted by Crippen LogP contribution is 2.35. The van der Waals surface area contributed by atoms with E-state index in [1.54, 1.807) is 31.0 Å². The fraction of sp³-hybridized carbons (Fsp3) is 0.500.